The first-order valence-electron chi connectivity index (χ1n) is 16.4. The third-order valence-electron chi connectivity index (χ3n) is 8.78. The molecule has 1 aliphatic carbocycles. The molecule has 2 aromatic rings. The molecule has 15 nitrogen and oxygen atoms in total. The van der Waals surface area contributed by atoms with E-state index in [1.165, 1.54) is 44.2 Å². The number of nitrogens with zero attached hydrogens (tertiary/aromatic N) is 2. The van der Waals surface area contributed by atoms with Crippen molar-refractivity contribution < 1.29 is 210 Å². The van der Waals surface area contributed by atoms with Gasteiger partial charge in [0.1, 0.15) is 4.90 Å². The predicted octanol–water partition coefficient (Wildman–Crippen LogP) is -17.2. The summed E-state index contributed by atoms with van der Waals surface area (Å²) in [6.45, 7) is 5.24. The molecule has 3 rings (SSSR count). The molecule has 2 aromatic carbocycles. The number of aliphatic carboxylic acids is 4. The molecule has 0 heterocycles. The van der Waals surface area contributed by atoms with Crippen LogP contribution in [0.2, 0.25) is 0 Å². The third-order valence-corrected chi connectivity index (χ3v) is 9.69. The van der Waals surface area contributed by atoms with Crippen molar-refractivity contribution in [2.45, 2.75) is 58.9 Å². The molecule has 0 saturated heterocycles. The van der Waals surface area contributed by atoms with Gasteiger partial charge in [0.15, 0.2) is 5.78 Å². The normalized spacial score (nSPS) is 13.4. The number of hydrogen-bond acceptors (Lipinski definition) is 14. The Hall–Kier alpha value is -0.160. The first-order chi connectivity index (χ1) is 24.5. The van der Waals surface area contributed by atoms with Crippen molar-refractivity contribution in [1.29, 1.82) is 0 Å². The molecule has 0 aliphatic heterocycles. The summed E-state index contributed by atoms with van der Waals surface area (Å²) in [5.74, 6) is -8.55. The van der Waals surface area contributed by atoms with Crippen LogP contribution in [0.5, 0.6) is 5.75 Å². The predicted molar refractivity (Wildman–Crippen MR) is 179 cm³/mol. The zero-order chi connectivity index (χ0) is 40.1. The zero-order valence-corrected chi connectivity index (χ0v) is 45.8. The number of allylic oxidation sites excluding steroid dienone is 4. The number of benzene rings is 2. The van der Waals surface area contributed by atoms with Crippen LogP contribution < -0.4 is 173 Å². The maximum Gasteiger partial charge on any atom is 1.00 e. The topological polar surface area (TPSA) is 261 Å². The number of carboxylic acids is 4. The summed E-state index contributed by atoms with van der Waals surface area (Å²) in [7, 11) is -4.95. The largest absolute Gasteiger partial charge is 1.00 e. The zero-order valence-electron chi connectivity index (χ0n) is 35.0. The molecule has 0 radical (unpaired) electrons. The molecule has 0 unspecified atom stereocenters. The van der Waals surface area contributed by atoms with Crippen molar-refractivity contribution in [3.63, 3.8) is 0 Å². The van der Waals surface area contributed by atoms with Gasteiger partial charge in [-0.1, -0.05) is 57.5 Å². The number of ketones is 1. The molecule has 0 fully saturated rings. The number of Topliss-reactive ketones (excluding diaryl/α,β-unsaturated/α-hetero) is 1. The van der Waals surface area contributed by atoms with Crippen molar-refractivity contribution >= 4 is 45.4 Å². The van der Waals surface area contributed by atoms with Gasteiger partial charge >= 0.3 is 148 Å². The van der Waals surface area contributed by atoms with E-state index in [1.54, 1.807) is 27.7 Å². The smallest absolute Gasteiger partial charge is 0.872 e. The average Bonchev–Trinajstić information content (AvgIpc) is 3.01. The van der Waals surface area contributed by atoms with Crippen molar-refractivity contribution in [3.05, 3.63) is 86.5 Å². The molecular formula is C37H39N2Na5O13S. The molecule has 0 aromatic heterocycles. The molecule has 0 saturated carbocycles. The summed E-state index contributed by atoms with van der Waals surface area (Å²) in [5.41, 5.74) is 1.04. The van der Waals surface area contributed by atoms with Crippen LogP contribution in [-0.4, -0.2) is 85.2 Å². The third kappa shape index (κ3) is 16.5. The second-order valence-corrected chi connectivity index (χ2v) is 14.7. The van der Waals surface area contributed by atoms with Gasteiger partial charge in [-0.3, -0.25) is 19.1 Å². The number of carbonyl (C=O) groups is 5. The Balaban J connectivity index is -0.00000605. The molecule has 286 valence electrons. The van der Waals surface area contributed by atoms with Gasteiger partial charge in [-0.15, -0.1) is 5.75 Å². The van der Waals surface area contributed by atoms with E-state index in [4.69, 9.17) is 0 Å². The van der Waals surface area contributed by atoms with E-state index < -0.39 is 102 Å². The van der Waals surface area contributed by atoms with Crippen LogP contribution in [0.25, 0.3) is 5.57 Å². The fourth-order valence-corrected chi connectivity index (χ4v) is 6.98. The second-order valence-electron chi connectivity index (χ2n) is 13.3. The van der Waals surface area contributed by atoms with Crippen LogP contribution in [0.1, 0.15) is 68.4 Å². The van der Waals surface area contributed by atoms with Gasteiger partial charge in [-0.2, -0.15) is 8.42 Å². The van der Waals surface area contributed by atoms with Crippen LogP contribution in [-0.2, 0) is 40.6 Å². The number of hydrogen-bond donors (Lipinski definition) is 1. The summed E-state index contributed by atoms with van der Waals surface area (Å²) in [6.07, 6.45) is 1.50. The average molecular weight is 867 g/mol. The van der Waals surface area contributed by atoms with E-state index in [0.717, 1.165) is 15.9 Å². The molecule has 1 aliphatic rings. The number of carbonyl (C=O) groups excluding carboxylic acids is 5. The monoisotopic (exact) mass is 866 g/mol. The maximum atomic E-state index is 14.0. The number of carboxylic acid groups (broad SMARTS) is 4. The van der Waals surface area contributed by atoms with Crippen molar-refractivity contribution in [2.24, 2.45) is 5.92 Å². The van der Waals surface area contributed by atoms with E-state index in [1.807, 2.05) is 0 Å². The SMILES string of the molecule is CC1=C(CN(CC(=O)[O-])CC(=O)[O-])C(=O)C(C(C)C)=C/C1=C(/c1ccccc1S(=O)(=O)O)c1cc(C(C)C)c([O-])c(CN(CC(=O)[O-])CC(=O)[O-])c1C.[Na+].[Na+].[Na+].[Na+].[Na+]. The molecule has 21 heteroatoms. The summed E-state index contributed by atoms with van der Waals surface area (Å²) < 4.78 is 36.1. The van der Waals surface area contributed by atoms with E-state index in [-0.39, 0.29) is 203 Å². The molecule has 58 heavy (non-hydrogen) atoms. The van der Waals surface area contributed by atoms with Crippen LogP contribution in [0, 0.1) is 12.8 Å². The minimum Gasteiger partial charge on any atom is -0.872 e. The van der Waals surface area contributed by atoms with E-state index in [0.29, 0.717) is 0 Å². The molecule has 1 N–H and O–H groups in total. The van der Waals surface area contributed by atoms with Gasteiger partial charge in [0.05, 0.1) is 23.9 Å². The Labute approximate surface area is 449 Å². The standard InChI is InChI=1S/C37H44N2O13S.5Na/c1-19(2)24-11-26(21(5)28(36(24)48)13-38(15-31(40)41)16-32(42)43)35(23-9-7-8-10-30(23)53(50,51)52)27-12-25(20(3)4)37(49)29(22(27)6)14-39(17-33(44)45)18-34(46)47;;;;;/h7-12,19-20,48H,13-18H2,1-6H3,(H,40,41)(H,42,43)(H,44,45)(H,46,47)(H,50,51,52);;;;;/q;5*+1/p-5/b35-27+;;;;;. The van der Waals surface area contributed by atoms with Gasteiger partial charge in [-0.25, -0.2) is 0 Å². The van der Waals surface area contributed by atoms with Crippen LogP contribution in [0.4, 0.5) is 0 Å². The Bertz CT molecular complexity index is 2030. The summed E-state index contributed by atoms with van der Waals surface area (Å²) in [6, 6.07) is 6.86. The molecule has 0 amide bonds. The molecule has 0 bridgehead atoms. The van der Waals surface area contributed by atoms with Gasteiger partial charge < -0.3 is 44.7 Å². The van der Waals surface area contributed by atoms with Gasteiger partial charge in [0, 0.05) is 56.0 Å². The first-order valence-corrected chi connectivity index (χ1v) is 17.8. The van der Waals surface area contributed by atoms with Crippen molar-refractivity contribution in [1.82, 2.24) is 9.80 Å². The van der Waals surface area contributed by atoms with E-state index in [9.17, 15) is 62.5 Å². The second kappa shape index (κ2) is 27.1. The van der Waals surface area contributed by atoms with Crippen LogP contribution >= 0.6 is 0 Å². The summed E-state index contributed by atoms with van der Waals surface area (Å²) >= 11 is 0. The maximum absolute atomic E-state index is 14.0. The van der Waals surface area contributed by atoms with Crippen LogP contribution in [0.3, 0.4) is 0 Å². The Morgan fingerprint density at radius 2 is 1.17 bits per heavy atom. The molecular weight excluding hydrogens is 827 g/mol. The van der Waals surface area contributed by atoms with Crippen molar-refractivity contribution in [2.75, 3.05) is 32.7 Å². The first kappa shape index (κ1) is 62.1. The molecule has 0 spiro atoms. The van der Waals surface area contributed by atoms with Crippen LogP contribution in [0.15, 0.2) is 63.6 Å². The molecule has 0 atom stereocenters. The summed E-state index contributed by atoms with van der Waals surface area (Å²) in [4.78, 5) is 61.5. The minimum absolute atomic E-state index is 0. The fraction of sp³-hybridized carbons (Fsp3) is 0.378. The van der Waals surface area contributed by atoms with Crippen molar-refractivity contribution in [3.8, 4) is 5.75 Å². The van der Waals surface area contributed by atoms with Gasteiger partial charge in [0.2, 0.25) is 0 Å². The minimum atomic E-state index is -4.95. The fourth-order valence-electron chi connectivity index (χ4n) is 6.28. The Morgan fingerprint density at radius 3 is 1.59 bits per heavy atom. The quantitative estimate of drug-likeness (QED) is 0.114. The van der Waals surface area contributed by atoms with E-state index in [2.05, 4.69) is 0 Å². The van der Waals surface area contributed by atoms with Gasteiger partial charge in [0.25, 0.3) is 10.1 Å². The number of rotatable bonds is 17. The van der Waals surface area contributed by atoms with E-state index >= 15 is 0 Å². The Kier molecular flexibility index (Phi) is 29.1. The summed E-state index contributed by atoms with van der Waals surface area (Å²) in [5, 5.41) is 60.2. The Morgan fingerprint density at radius 1 is 0.724 bits per heavy atom. The van der Waals surface area contributed by atoms with Gasteiger partial charge in [-0.05, 0) is 71.2 Å².